The Labute approximate surface area is 253 Å². The number of unbranched alkanes of at least 4 members (excludes halogenated alkanes) is 23. The third-order valence-electron chi connectivity index (χ3n) is 8.96. The van der Waals surface area contributed by atoms with E-state index in [4.69, 9.17) is 0 Å². The minimum absolute atomic E-state index is 0.857. The molecule has 0 fully saturated rings. The second-order valence-electron chi connectivity index (χ2n) is 13.1. The summed E-state index contributed by atoms with van der Waals surface area (Å²) < 4.78 is 0. The molecule has 40 heavy (non-hydrogen) atoms. The van der Waals surface area contributed by atoms with Gasteiger partial charge in [-0.05, 0) is 42.7 Å². The molecular weight excluding hydrogens is 480 g/mol. The second kappa shape index (κ2) is 29.5. The summed E-state index contributed by atoms with van der Waals surface area (Å²) >= 11 is 0. The lowest BCUT2D eigenvalue weighted by molar-refractivity contribution is 0.460. The van der Waals surface area contributed by atoms with Gasteiger partial charge in [-0.3, -0.25) is 0 Å². The molecule has 0 aromatic heterocycles. The summed E-state index contributed by atoms with van der Waals surface area (Å²) in [5.41, 5.74) is 2.91. The highest BCUT2D eigenvalue weighted by atomic mass is 14.1. The van der Waals surface area contributed by atoms with Crippen LogP contribution >= 0.6 is 0 Å². The van der Waals surface area contributed by atoms with Crippen molar-refractivity contribution in [2.24, 2.45) is 5.92 Å². The van der Waals surface area contributed by atoms with E-state index in [2.05, 4.69) is 57.2 Å². The monoisotopic (exact) mass is 553 g/mol. The van der Waals surface area contributed by atoms with E-state index in [1.165, 1.54) is 191 Å². The molecule has 0 heterocycles. The summed E-state index contributed by atoms with van der Waals surface area (Å²) in [7, 11) is 0. The fourth-order valence-corrected chi connectivity index (χ4v) is 6.07. The number of benzene rings is 1. The maximum absolute atomic E-state index is 2.44. The zero-order chi connectivity index (χ0) is 28.8. The molecule has 0 heteroatoms. The van der Waals surface area contributed by atoms with E-state index < -0.39 is 0 Å². The normalized spacial score (nSPS) is 12.5. The topological polar surface area (TPSA) is 0 Å². The van der Waals surface area contributed by atoms with Gasteiger partial charge in [0.1, 0.15) is 0 Å². The van der Waals surface area contributed by atoms with Crippen LogP contribution in [0.15, 0.2) is 30.3 Å². The van der Waals surface area contributed by atoms with E-state index in [1.54, 1.807) is 0 Å². The van der Waals surface area contributed by atoms with Crippen molar-refractivity contribution in [3.63, 3.8) is 0 Å². The fraction of sp³-hybridized carbons (Fsp3) is 0.800. The molecule has 232 valence electrons. The van der Waals surface area contributed by atoms with Gasteiger partial charge in [0.15, 0.2) is 0 Å². The molecule has 0 aliphatic carbocycles. The molecule has 0 spiro atoms. The first kappa shape index (κ1) is 37.0. The Hall–Kier alpha value is -1.04. The second-order valence-corrected chi connectivity index (χ2v) is 13.1. The highest BCUT2D eigenvalue weighted by Gasteiger charge is 2.03. The molecule has 0 nitrogen and oxygen atoms in total. The molecule has 0 aliphatic heterocycles. The molecule has 0 N–H and O–H groups in total. The Morgan fingerprint density at radius 2 is 0.975 bits per heavy atom. The highest BCUT2D eigenvalue weighted by Crippen LogP contribution is 2.19. The summed E-state index contributed by atoms with van der Waals surface area (Å²) in [5.74, 6) is 0.857. The first-order valence-electron chi connectivity index (χ1n) is 18.5. The van der Waals surface area contributed by atoms with Crippen molar-refractivity contribution in [1.29, 1.82) is 0 Å². The zero-order valence-electron chi connectivity index (χ0n) is 27.8. The van der Waals surface area contributed by atoms with E-state index in [9.17, 15) is 0 Å². The third-order valence-corrected chi connectivity index (χ3v) is 8.96. The molecule has 1 aromatic rings. The van der Waals surface area contributed by atoms with Crippen molar-refractivity contribution in [2.75, 3.05) is 0 Å². The number of hydrogen-bond acceptors (Lipinski definition) is 0. The Balaban J connectivity index is 1.88. The Morgan fingerprint density at radius 1 is 0.525 bits per heavy atom. The molecule has 0 amide bonds. The van der Waals surface area contributed by atoms with Crippen molar-refractivity contribution >= 4 is 6.08 Å². The van der Waals surface area contributed by atoms with Gasteiger partial charge in [-0.15, -0.1) is 0 Å². The standard InChI is InChI=1S/C40H72/c1-4-6-8-10-11-12-13-14-15-16-17-18-19-20-21-22-23-24-25-26-27-29-32-39-33-30-34-40(37-39)36-35-38(3)31-28-9-7-5-2/h29-30,32-34,37-38H,4-28,31,35-36H2,1-3H3. The molecule has 0 saturated heterocycles. The van der Waals surface area contributed by atoms with Gasteiger partial charge < -0.3 is 0 Å². The number of aryl methyl sites for hydroxylation is 1. The van der Waals surface area contributed by atoms with Gasteiger partial charge in [-0.2, -0.15) is 0 Å². The summed E-state index contributed by atoms with van der Waals surface area (Å²) in [4.78, 5) is 0. The van der Waals surface area contributed by atoms with Crippen molar-refractivity contribution < 1.29 is 0 Å². The fourth-order valence-electron chi connectivity index (χ4n) is 6.07. The van der Waals surface area contributed by atoms with Crippen LogP contribution in [0.3, 0.4) is 0 Å². The Kier molecular flexibility index (Phi) is 27.2. The maximum atomic E-state index is 2.44. The van der Waals surface area contributed by atoms with Crippen LogP contribution in [0.2, 0.25) is 0 Å². The van der Waals surface area contributed by atoms with Gasteiger partial charge in [0.2, 0.25) is 0 Å². The minimum atomic E-state index is 0.857. The summed E-state index contributed by atoms with van der Waals surface area (Å²) in [5, 5.41) is 0. The van der Waals surface area contributed by atoms with Gasteiger partial charge in [-0.1, -0.05) is 211 Å². The molecule has 0 aliphatic rings. The van der Waals surface area contributed by atoms with Crippen LogP contribution in [0, 0.1) is 5.92 Å². The van der Waals surface area contributed by atoms with Crippen LogP contribution in [-0.4, -0.2) is 0 Å². The Morgan fingerprint density at radius 3 is 1.48 bits per heavy atom. The molecule has 0 radical (unpaired) electrons. The first-order valence-corrected chi connectivity index (χ1v) is 18.5. The smallest absolute Gasteiger partial charge is 0.0257 e. The molecule has 1 rings (SSSR count). The van der Waals surface area contributed by atoms with Crippen molar-refractivity contribution in [1.82, 2.24) is 0 Å². The van der Waals surface area contributed by atoms with Crippen molar-refractivity contribution in [3.8, 4) is 0 Å². The first-order chi connectivity index (χ1) is 19.8. The van der Waals surface area contributed by atoms with Gasteiger partial charge >= 0.3 is 0 Å². The zero-order valence-corrected chi connectivity index (χ0v) is 27.8. The predicted molar refractivity (Wildman–Crippen MR) is 184 cm³/mol. The summed E-state index contributed by atoms with van der Waals surface area (Å²) in [6.45, 7) is 7.05. The molecule has 0 bridgehead atoms. The molecule has 1 unspecified atom stereocenters. The molecule has 0 saturated carbocycles. The average Bonchev–Trinajstić information content (AvgIpc) is 2.97. The molecule has 1 atom stereocenters. The molecular formula is C40H72. The van der Waals surface area contributed by atoms with E-state index in [0.29, 0.717) is 0 Å². The largest absolute Gasteiger partial charge is 0.0839 e. The van der Waals surface area contributed by atoms with Crippen molar-refractivity contribution in [3.05, 3.63) is 41.5 Å². The maximum Gasteiger partial charge on any atom is -0.0257 e. The van der Waals surface area contributed by atoms with E-state index in [-0.39, 0.29) is 0 Å². The third kappa shape index (κ3) is 24.7. The van der Waals surface area contributed by atoms with E-state index in [1.807, 2.05) is 0 Å². The van der Waals surface area contributed by atoms with Gasteiger partial charge in [-0.25, -0.2) is 0 Å². The quantitative estimate of drug-likeness (QED) is 0.0832. The van der Waals surface area contributed by atoms with Crippen LogP contribution in [0.25, 0.3) is 6.08 Å². The number of hydrogen-bond donors (Lipinski definition) is 0. The van der Waals surface area contributed by atoms with Gasteiger partial charge in [0.25, 0.3) is 0 Å². The van der Waals surface area contributed by atoms with Gasteiger partial charge in [0.05, 0.1) is 0 Å². The molecule has 1 aromatic carbocycles. The lowest BCUT2D eigenvalue weighted by Crippen LogP contribution is -1.98. The lowest BCUT2D eigenvalue weighted by Gasteiger charge is -2.11. The SMILES string of the molecule is CCCCCCCCCCCCCCCCCCCCCCC=Cc1cccc(CCC(C)CCCCCC)c1. The van der Waals surface area contributed by atoms with Crippen LogP contribution in [0.1, 0.15) is 205 Å². The van der Waals surface area contributed by atoms with Crippen LogP contribution < -0.4 is 0 Å². The van der Waals surface area contributed by atoms with Crippen LogP contribution in [0.4, 0.5) is 0 Å². The summed E-state index contributed by atoms with van der Waals surface area (Å²) in [6, 6.07) is 9.25. The average molecular weight is 553 g/mol. The van der Waals surface area contributed by atoms with Crippen molar-refractivity contribution in [2.45, 2.75) is 201 Å². The summed E-state index contributed by atoms with van der Waals surface area (Å²) in [6.07, 6.45) is 44.6. The van der Waals surface area contributed by atoms with Crippen LogP contribution in [0.5, 0.6) is 0 Å². The highest BCUT2D eigenvalue weighted by molar-refractivity contribution is 5.50. The number of rotatable bonds is 30. The number of allylic oxidation sites excluding steroid dienone is 1. The Bertz CT molecular complexity index is 656. The van der Waals surface area contributed by atoms with E-state index in [0.717, 1.165) is 5.92 Å². The van der Waals surface area contributed by atoms with E-state index >= 15 is 0 Å². The van der Waals surface area contributed by atoms with Crippen LogP contribution in [-0.2, 0) is 6.42 Å². The predicted octanol–water partition coefficient (Wildman–Crippen LogP) is 14.5. The minimum Gasteiger partial charge on any atom is -0.0839 e. The lowest BCUT2D eigenvalue weighted by atomic mass is 9.95. The van der Waals surface area contributed by atoms with Gasteiger partial charge in [0, 0.05) is 0 Å².